The number of amides is 5. The van der Waals surface area contributed by atoms with E-state index in [2.05, 4.69) is 16.0 Å². The average molecular weight is 561 g/mol. The van der Waals surface area contributed by atoms with Crippen LogP contribution in [0.15, 0.2) is 24.3 Å². The highest BCUT2D eigenvalue weighted by molar-refractivity contribution is 6.15. The van der Waals surface area contributed by atoms with Gasteiger partial charge in [0.15, 0.2) is 5.78 Å². The van der Waals surface area contributed by atoms with E-state index >= 15 is 0 Å². The van der Waals surface area contributed by atoms with Crippen molar-refractivity contribution in [2.45, 2.75) is 70.1 Å². The van der Waals surface area contributed by atoms with Gasteiger partial charge in [0, 0.05) is 37.2 Å². The molecule has 0 spiro atoms. The van der Waals surface area contributed by atoms with E-state index in [9.17, 15) is 38.9 Å². The summed E-state index contributed by atoms with van der Waals surface area (Å²) in [6.45, 7) is 4.31. The summed E-state index contributed by atoms with van der Waals surface area (Å²) < 4.78 is 0. The molecule has 2 aliphatic rings. The Labute approximate surface area is 229 Å². The van der Waals surface area contributed by atoms with E-state index in [4.69, 9.17) is 4.84 Å². The zero-order valence-electron chi connectivity index (χ0n) is 22.6. The first-order chi connectivity index (χ1) is 18.8. The lowest BCUT2D eigenvalue weighted by atomic mass is 9.87. The van der Waals surface area contributed by atoms with E-state index in [0.717, 1.165) is 7.11 Å². The van der Waals surface area contributed by atoms with Gasteiger partial charge in [-0.05, 0) is 45.7 Å². The molecule has 0 unspecified atom stereocenters. The number of Topliss-reactive ketones (excluding diaryl/α,β-unsaturated/α-hetero) is 1. The lowest BCUT2D eigenvalue weighted by Gasteiger charge is -2.39. The van der Waals surface area contributed by atoms with Crippen LogP contribution in [0.4, 0.5) is 11.4 Å². The van der Waals surface area contributed by atoms with Gasteiger partial charge in [0.25, 0.3) is 11.6 Å². The van der Waals surface area contributed by atoms with Crippen LogP contribution in [-0.2, 0) is 33.6 Å². The van der Waals surface area contributed by atoms with Crippen LogP contribution >= 0.6 is 0 Å². The third-order valence-corrected chi connectivity index (χ3v) is 7.02. The molecule has 2 heterocycles. The van der Waals surface area contributed by atoms with Crippen LogP contribution in [0.3, 0.4) is 0 Å². The molecule has 40 heavy (non-hydrogen) atoms. The summed E-state index contributed by atoms with van der Waals surface area (Å²) in [6, 6.07) is 2.23. The highest BCUT2D eigenvalue weighted by atomic mass is 16.7. The van der Waals surface area contributed by atoms with Crippen molar-refractivity contribution in [3.63, 3.8) is 0 Å². The Balaban J connectivity index is 1.59. The molecule has 4 atom stereocenters. The van der Waals surface area contributed by atoms with Gasteiger partial charge in [-0.3, -0.25) is 43.7 Å². The van der Waals surface area contributed by atoms with Crippen molar-refractivity contribution in [2.24, 2.45) is 0 Å². The number of nitrogens with zero attached hydrogens (tertiary/aromatic N) is 3. The molecule has 3 rings (SSSR count). The van der Waals surface area contributed by atoms with Crippen molar-refractivity contribution >= 4 is 46.7 Å². The molecule has 2 saturated heterocycles. The van der Waals surface area contributed by atoms with Crippen LogP contribution in [0.1, 0.15) is 46.5 Å². The van der Waals surface area contributed by atoms with Gasteiger partial charge in [0.1, 0.15) is 18.1 Å². The van der Waals surface area contributed by atoms with E-state index in [0.29, 0.717) is 23.6 Å². The molecule has 216 valence electrons. The van der Waals surface area contributed by atoms with E-state index in [1.807, 2.05) is 0 Å². The minimum atomic E-state index is -1.96. The normalized spacial score (nSPS) is 22.4. The molecule has 1 aromatic carbocycles. The number of nitrogens with one attached hydrogen (secondary N) is 3. The SMILES string of the molecule is CON1C(=O)CCC(=O)[C@]1(C)C(=O)N[C@@H](C)C(=O)N[C@@H](C)C(=O)N1CCC[C@H]1C(=O)Nc1ccc([N+](=O)[O-])cc1. The number of carbonyl (C=O) groups excluding carboxylic acids is 6. The number of hydrogen-bond acceptors (Lipinski definition) is 9. The number of non-ortho nitro benzene ring substituents is 1. The summed E-state index contributed by atoms with van der Waals surface area (Å²) in [7, 11) is 1.16. The van der Waals surface area contributed by atoms with Gasteiger partial charge in [0.2, 0.25) is 29.2 Å². The maximum absolute atomic E-state index is 13.1. The van der Waals surface area contributed by atoms with Crippen molar-refractivity contribution in [2.75, 3.05) is 19.0 Å². The highest BCUT2D eigenvalue weighted by Gasteiger charge is 2.52. The largest absolute Gasteiger partial charge is 0.343 e. The quantitative estimate of drug-likeness (QED) is 0.212. The summed E-state index contributed by atoms with van der Waals surface area (Å²) in [4.78, 5) is 93.1. The number of ketones is 1. The van der Waals surface area contributed by atoms with Gasteiger partial charge in [-0.2, -0.15) is 5.06 Å². The Hall–Kier alpha value is -4.40. The molecule has 15 heteroatoms. The van der Waals surface area contributed by atoms with Crippen LogP contribution in [0, 0.1) is 10.1 Å². The standard InChI is InChI=1S/C25H32N6O9/c1-14(27-24(37)25(3)19(32)11-12-20(33)30(25)40-4)21(34)26-15(2)23(36)29-13-5-6-18(29)22(35)28-16-7-9-17(10-8-16)31(38)39/h7-10,14-15,18H,5-6,11-13H2,1-4H3,(H,26,34)(H,27,37)(H,28,35)/t14-,15-,18-,25+/m0/s1. The molecular weight excluding hydrogens is 528 g/mol. The minimum Gasteiger partial charge on any atom is -0.343 e. The van der Waals surface area contributed by atoms with Gasteiger partial charge in [-0.15, -0.1) is 0 Å². The fraction of sp³-hybridized carbons (Fsp3) is 0.520. The smallest absolute Gasteiger partial charge is 0.269 e. The number of nitro benzene ring substituents is 1. The first-order valence-corrected chi connectivity index (χ1v) is 12.7. The third-order valence-electron chi connectivity index (χ3n) is 7.02. The van der Waals surface area contributed by atoms with Crippen LogP contribution in [-0.4, -0.2) is 87.5 Å². The Bertz CT molecular complexity index is 1220. The monoisotopic (exact) mass is 560 g/mol. The number of anilines is 1. The number of carbonyl (C=O) groups is 6. The summed E-state index contributed by atoms with van der Waals surface area (Å²) in [6.07, 6.45) is 0.690. The van der Waals surface area contributed by atoms with E-state index < -0.39 is 63.9 Å². The highest BCUT2D eigenvalue weighted by Crippen LogP contribution is 2.26. The number of piperidine rings is 1. The fourth-order valence-corrected chi connectivity index (χ4v) is 4.68. The Kier molecular flexibility index (Phi) is 9.19. The Morgan fingerprint density at radius 2 is 1.73 bits per heavy atom. The van der Waals surface area contributed by atoms with Crippen molar-refractivity contribution in [1.29, 1.82) is 0 Å². The van der Waals surface area contributed by atoms with E-state index in [1.54, 1.807) is 0 Å². The summed E-state index contributed by atoms with van der Waals surface area (Å²) in [5.74, 6) is -3.71. The number of benzene rings is 1. The molecule has 5 amide bonds. The van der Waals surface area contributed by atoms with Gasteiger partial charge >= 0.3 is 0 Å². The van der Waals surface area contributed by atoms with Crippen LogP contribution in [0.25, 0.3) is 0 Å². The second-order valence-corrected chi connectivity index (χ2v) is 9.77. The van der Waals surface area contributed by atoms with Crippen LogP contribution in [0.2, 0.25) is 0 Å². The molecule has 0 bridgehead atoms. The molecule has 1 aromatic rings. The van der Waals surface area contributed by atoms with Crippen molar-refractivity contribution in [1.82, 2.24) is 20.6 Å². The first-order valence-electron chi connectivity index (χ1n) is 12.7. The maximum atomic E-state index is 13.1. The summed E-state index contributed by atoms with van der Waals surface area (Å²) >= 11 is 0. The summed E-state index contributed by atoms with van der Waals surface area (Å²) in [5.41, 5.74) is -1.76. The van der Waals surface area contributed by atoms with Crippen molar-refractivity contribution in [3.8, 4) is 0 Å². The average Bonchev–Trinajstić information content (AvgIpc) is 3.41. The zero-order chi connectivity index (χ0) is 29.8. The van der Waals surface area contributed by atoms with Crippen molar-refractivity contribution in [3.05, 3.63) is 34.4 Å². The number of hydroxylamine groups is 2. The molecule has 0 aliphatic carbocycles. The third kappa shape index (κ3) is 6.09. The molecule has 0 radical (unpaired) electrons. The summed E-state index contributed by atoms with van der Waals surface area (Å²) in [5, 5.41) is 19.1. The second-order valence-electron chi connectivity index (χ2n) is 9.77. The van der Waals surface area contributed by atoms with Crippen molar-refractivity contribution < 1.29 is 38.5 Å². The zero-order valence-corrected chi connectivity index (χ0v) is 22.6. The topological polar surface area (TPSA) is 197 Å². The predicted octanol–water partition coefficient (Wildman–Crippen LogP) is 0.0453. The maximum Gasteiger partial charge on any atom is 0.269 e. The van der Waals surface area contributed by atoms with Gasteiger partial charge in [-0.25, -0.2) is 0 Å². The molecular formula is C25H32N6O9. The molecule has 0 saturated carbocycles. The number of likely N-dealkylation sites (tertiary alicyclic amines) is 1. The van der Waals surface area contributed by atoms with Crippen LogP contribution < -0.4 is 16.0 Å². The number of hydrogen-bond donors (Lipinski definition) is 3. The van der Waals surface area contributed by atoms with Gasteiger partial charge in [-0.1, -0.05) is 0 Å². The molecule has 2 fully saturated rings. The molecule has 3 N–H and O–H groups in total. The van der Waals surface area contributed by atoms with E-state index in [1.165, 1.54) is 49.9 Å². The predicted molar refractivity (Wildman–Crippen MR) is 138 cm³/mol. The molecule has 2 aliphatic heterocycles. The molecule has 15 nitrogen and oxygen atoms in total. The Morgan fingerprint density at radius 3 is 2.33 bits per heavy atom. The lowest BCUT2D eigenvalue weighted by molar-refractivity contribution is -0.384. The van der Waals surface area contributed by atoms with Gasteiger partial charge < -0.3 is 20.9 Å². The minimum absolute atomic E-state index is 0.103. The van der Waals surface area contributed by atoms with Crippen LogP contribution in [0.5, 0.6) is 0 Å². The second kappa shape index (κ2) is 12.2. The van der Waals surface area contributed by atoms with Gasteiger partial charge in [0.05, 0.1) is 12.0 Å². The van der Waals surface area contributed by atoms with E-state index in [-0.39, 0.29) is 25.1 Å². The first kappa shape index (κ1) is 30.1. The number of nitro groups is 1. The lowest BCUT2D eigenvalue weighted by Crippen LogP contribution is -2.67. The number of rotatable bonds is 9. The Morgan fingerprint density at radius 1 is 1.07 bits per heavy atom. The fourth-order valence-electron chi connectivity index (χ4n) is 4.68. The molecule has 0 aromatic heterocycles.